The molecule has 2 aliphatic heterocycles. The number of ether oxygens (including phenoxy) is 2. The van der Waals surface area contributed by atoms with Gasteiger partial charge in [0, 0.05) is 42.6 Å². The number of nitrogens with zero attached hydrogens (tertiary/aromatic N) is 4. The molecule has 0 amide bonds. The average molecular weight is 491 g/mol. The molecular weight excluding hydrogens is 459 g/mol. The van der Waals surface area contributed by atoms with Gasteiger partial charge in [0.1, 0.15) is 31.1 Å². The van der Waals surface area contributed by atoms with Crippen molar-refractivity contribution in [3.05, 3.63) is 59.4 Å². The second-order valence-corrected chi connectivity index (χ2v) is 8.88. The zero-order chi connectivity index (χ0) is 24.7. The molecule has 2 aliphatic rings. The minimum Gasteiger partial charge on any atom is -0.463 e. The second-order valence-electron chi connectivity index (χ2n) is 8.44. The number of hydrogen-bond acceptors (Lipinski definition) is 8. The Kier molecular flexibility index (Phi) is 8.81. The van der Waals surface area contributed by atoms with Gasteiger partial charge >= 0.3 is 0 Å². The maximum atomic E-state index is 12.7. The molecule has 4 rings (SSSR count). The fourth-order valence-electron chi connectivity index (χ4n) is 3.65. The molecule has 2 heterocycles. The quantitative estimate of drug-likeness (QED) is 0.617. The summed E-state index contributed by atoms with van der Waals surface area (Å²) in [5.74, 6) is -0.233. The molecule has 0 unspecified atom stereocenters. The molecule has 0 saturated heterocycles. The predicted molar refractivity (Wildman–Crippen MR) is 136 cm³/mol. The Morgan fingerprint density at radius 1 is 0.912 bits per heavy atom. The van der Waals surface area contributed by atoms with Crippen molar-refractivity contribution in [2.24, 2.45) is 21.5 Å². The van der Waals surface area contributed by atoms with Gasteiger partial charge in [0.25, 0.3) is 12.0 Å². The Labute approximate surface area is 205 Å². The van der Waals surface area contributed by atoms with E-state index < -0.39 is 0 Å². The van der Waals surface area contributed by atoms with Crippen LogP contribution >= 0.6 is 11.6 Å². The lowest BCUT2D eigenvalue weighted by molar-refractivity contribution is 0.312. The molecule has 0 aliphatic carbocycles. The highest BCUT2D eigenvalue weighted by molar-refractivity contribution is 6.30. The van der Waals surface area contributed by atoms with Crippen LogP contribution in [0.25, 0.3) is 0 Å². The summed E-state index contributed by atoms with van der Waals surface area (Å²) in [5.41, 5.74) is 13.0. The van der Waals surface area contributed by atoms with Crippen LogP contribution in [-0.2, 0) is 9.47 Å². The first kappa shape index (κ1) is 25.4. The first-order valence-corrected chi connectivity index (χ1v) is 11.5. The van der Waals surface area contributed by atoms with Gasteiger partial charge in [-0.15, -0.1) is 0 Å². The van der Waals surface area contributed by atoms with Crippen molar-refractivity contribution in [1.82, 2.24) is 0 Å². The highest BCUT2D eigenvalue weighted by Crippen LogP contribution is 2.21. The number of amidine groups is 2. The summed E-state index contributed by atoms with van der Waals surface area (Å²) in [6.45, 7) is 6.86. The van der Waals surface area contributed by atoms with Crippen molar-refractivity contribution in [1.29, 1.82) is 0 Å². The Balaban J connectivity index is 0.000000192. The van der Waals surface area contributed by atoms with Crippen molar-refractivity contribution >= 4 is 35.0 Å². The van der Waals surface area contributed by atoms with Gasteiger partial charge in [-0.05, 0) is 62.4 Å². The van der Waals surface area contributed by atoms with E-state index in [2.05, 4.69) is 28.7 Å². The monoisotopic (exact) mass is 490 g/mol. The Morgan fingerprint density at radius 2 is 1.41 bits per heavy atom. The van der Waals surface area contributed by atoms with Crippen LogP contribution in [-0.4, -0.2) is 63.5 Å². The van der Waals surface area contributed by atoms with Crippen LogP contribution in [0.4, 0.5) is 15.8 Å². The fraction of sp³-hybridized carbons (Fsp3) is 0.417. The first-order chi connectivity index (χ1) is 16.2. The zero-order valence-corrected chi connectivity index (χ0v) is 20.5. The third-order valence-corrected chi connectivity index (χ3v) is 5.66. The maximum Gasteiger partial charge on any atom is 0.282 e. The number of likely N-dealkylation sites (N-methyl/N-ethyl adjacent to an activating group) is 1. The molecule has 0 radical (unpaired) electrons. The van der Waals surface area contributed by atoms with E-state index in [0.717, 1.165) is 22.9 Å². The lowest BCUT2D eigenvalue weighted by Crippen LogP contribution is -2.37. The molecular formula is C24H32ClFN6O2. The molecule has 2 aromatic rings. The Morgan fingerprint density at radius 3 is 1.88 bits per heavy atom. The van der Waals surface area contributed by atoms with E-state index in [4.69, 9.17) is 32.5 Å². The molecule has 8 nitrogen and oxygen atoms in total. The van der Waals surface area contributed by atoms with Gasteiger partial charge < -0.3 is 30.7 Å². The van der Waals surface area contributed by atoms with Crippen molar-refractivity contribution in [2.45, 2.75) is 32.0 Å². The lowest BCUT2D eigenvalue weighted by atomic mass is 10.2. The predicted octanol–water partition coefficient (Wildman–Crippen LogP) is 3.24. The van der Waals surface area contributed by atoms with Crippen LogP contribution < -0.4 is 21.3 Å². The molecule has 0 saturated carbocycles. The Bertz CT molecular complexity index is 984. The molecule has 4 N–H and O–H groups in total. The number of rotatable bonds is 7. The summed E-state index contributed by atoms with van der Waals surface area (Å²) in [6, 6.07) is 15.2. The molecule has 0 bridgehead atoms. The second kappa shape index (κ2) is 11.8. The van der Waals surface area contributed by atoms with E-state index in [0.29, 0.717) is 31.8 Å². The number of aliphatic imine (C=N–C) groups is 2. The number of anilines is 2. The number of halogens is 2. The van der Waals surface area contributed by atoms with Crippen molar-refractivity contribution in [3.63, 3.8) is 0 Å². The molecule has 0 fully saturated rings. The van der Waals surface area contributed by atoms with Crippen LogP contribution in [0.3, 0.4) is 0 Å². The SMILES string of the molecule is CC(C)N(C[C@@H]1COC(N)=N1)c1ccc(Cl)cc1.CN(C[C@@H]1COC(N)=N1)c1ccc(F)cc1. The lowest BCUT2D eigenvalue weighted by Gasteiger charge is -2.30. The molecule has 0 spiro atoms. The number of benzene rings is 2. The third kappa shape index (κ3) is 7.41. The summed E-state index contributed by atoms with van der Waals surface area (Å²) < 4.78 is 23.0. The summed E-state index contributed by atoms with van der Waals surface area (Å²) in [5, 5.41) is 0.744. The normalized spacial score (nSPS) is 18.9. The van der Waals surface area contributed by atoms with E-state index in [1.807, 2.05) is 36.2 Å². The van der Waals surface area contributed by atoms with Crippen molar-refractivity contribution in [3.8, 4) is 0 Å². The molecule has 34 heavy (non-hydrogen) atoms. The van der Waals surface area contributed by atoms with Crippen LogP contribution in [0.1, 0.15) is 13.8 Å². The van der Waals surface area contributed by atoms with Gasteiger partial charge in [0.05, 0.1) is 0 Å². The summed E-state index contributed by atoms with van der Waals surface area (Å²) in [7, 11) is 1.93. The fourth-order valence-corrected chi connectivity index (χ4v) is 3.78. The topological polar surface area (TPSA) is 102 Å². The first-order valence-electron chi connectivity index (χ1n) is 11.1. The zero-order valence-electron chi connectivity index (χ0n) is 19.7. The number of hydrogen-bond donors (Lipinski definition) is 2. The molecule has 0 aromatic heterocycles. The summed E-state index contributed by atoms with van der Waals surface area (Å²) in [4.78, 5) is 12.7. The van der Waals surface area contributed by atoms with Crippen molar-refractivity contribution < 1.29 is 13.9 Å². The molecule has 10 heteroatoms. The highest BCUT2D eigenvalue weighted by atomic mass is 35.5. The number of nitrogens with two attached hydrogens (primary N) is 2. The van der Waals surface area contributed by atoms with E-state index in [-0.39, 0.29) is 23.9 Å². The van der Waals surface area contributed by atoms with E-state index >= 15 is 0 Å². The average Bonchev–Trinajstić information content (AvgIpc) is 3.41. The van der Waals surface area contributed by atoms with E-state index in [9.17, 15) is 4.39 Å². The van der Waals surface area contributed by atoms with Crippen molar-refractivity contribution in [2.75, 3.05) is 43.2 Å². The maximum absolute atomic E-state index is 12.7. The van der Waals surface area contributed by atoms with Crippen LogP contribution in [0.2, 0.25) is 5.02 Å². The summed E-state index contributed by atoms with van der Waals surface area (Å²) >= 11 is 5.91. The smallest absolute Gasteiger partial charge is 0.282 e. The summed E-state index contributed by atoms with van der Waals surface area (Å²) in [6.07, 6.45) is 0. The molecule has 184 valence electrons. The van der Waals surface area contributed by atoms with Gasteiger partial charge in [-0.3, -0.25) is 0 Å². The minimum atomic E-state index is -0.233. The van der Waals surface area contributed by atoms with Crippen LogP contribution in [0.15, 0.2) is 58.5 Å². The van der Waals surface area contributed by atoms with E-state index in [1.54, 1.807) is 12.1 Å². The minimum absolute atomic E-state index is 0.0510. The van der Waals surface area contributed by atoms with E-state index in [1.165, 1.54) is 12.1 Å². The van der Waals surface area contributed by atoms with Gasteiger partial charge in [-0.2, -0.15) is 0 Å². The Hall–Kier alpha value is -3.20. The largest absolute Gasteiger partial charge is 0.463 e. The highest BCUT2D eigenvalue weighted by Gasteiger charge is 2.22. The van der Waals surface area contributed by atoms with Crippen LogP contribution in [0.5, 0.6) is 0 Å². The third-order valence-electron chi connectivity index (χ3n) is 5.41. The van der Waals surface area contributed by atoms with Gasteiger partial charge in [-0.25, -0.2) is 14.4 Å². The van der Waals surface area contributed by atoms with Gasteiger partial charge in [0.15, 0.2) is 0 Å². The molecule has 2 atom stereocenters. The molecule has 2 aromatic carbocycles. The van der Waals surface area contributed by atoms with Gasteiger partial charge in [0.2, 0.25) is 0 Å². The standard InChI is InChI=1S/C13H18ClN3O.C11H14FN3O/c1-9(2)17(7-11-8-18-13(15)16-11)12-5-3-10(14)4-6-12;1-15(6-9-7-16-11(13)14-9)10-4-2-8(12)3-5-10/h3-6,9,11H,7-8H2,1-2H3,(H2,15,16);2-5,9H,6-7H2,1H3,(H2,13,14)/t11-;9-/m11/s1. The van der Waals surface area contributed by atoms with Gasteiger partial charge in [-0.1, -0.05) is 11.6 Å². The van der Waals surface area contributed by atoms with Crippen LogP contribution in [0, 0.1) is 5.82 Å².